The molecule has 1 aromatic heterocycles. The van der Waals surface area contributed by atoms with E-state index in [0.29, 0.717) is 5.56 Å². The van der Waals surface area contributed by atoms with E-state index in [-0.39, 0.29) is 16.7 Å². The minimum absolute atomic E-state index is 0.00140. The van der Waals surface area contributed by atoms with Crippen molar-refractivity contribution in [3.8, 4) is 0 Å². The van der Waals surface area contributed by atoms with Crippen molar-refractivity contribution in [2.24, 2.45) is 0 Å². The van der Waals surface area contributed by atoms with Gasteiger partial charge in [-0.15, -0.1) is 0 Å². The summed E-state index contributed by atoms with van der Waals surface area (Å²) >= 11 is 5.50. The maximum atomic E-state index is 13.6. The number of benzene rings is 1. The van der Waals surface area contributed by atoms with E-state index in [1.54, 1.807) is 13.0 Å². The Morgan fingerprint density at radius 1 is 1.15 bits per heavy atom. The predicted octanol–water partition coefficient (Wildman–Crippen LogP) is 4.34. The van der Waals surface area contributed by atoms with Crippen LogP contribution in [0.15, 0.2) is 24.3 Å². The molecule has 0 amide bonds. The maximum Gasteiger partial charge on any atom is 0.451 e. The van der Waals surface area contributed by atoms with Crippen molar-refractivity contribution >= 4 is 23.1 Å². The normalized spacial score (nSPS) is 11.5. The summed E-state index contributed by atoms with van der Waals surface area (Å²) in [5, 5.41) is 2.06. The zero-order chi connectivity index (χ0) is 14.9. The van der Waals surface area contributed by atoms with Gasteiger partial charge in [0.2, 0.25) is 5.82 Å². The van der Waals surface area contributed by atoms with Crippen LogP contribution in [0.3, 0.4) is 0 Å². The molecule has 0 aliphatic heterocycles. The maximum absolute atomic E-state index is 13.6. The summed E-state index contributed by atoms with van der Waals surface area (Å²) in [6, 6.07) is 5.33. The molecule has 20 heavy (non-hydrogen) atoms. The molecule has 1 heterocycles. The standard InChI is InChI=1S/C12H8ClF4N3/c1-6-2-3-8(7(14)4-6)18-10-5-9(13)19-11(20-10)12(15,16)17/h2-5H,1H3,(H,18,19,20). The number of aryl methyl sites for hydroxylation is 1. The third-order valence-corrected chi connectivity index (χ3v) is 2.53. The van der Waals surface area contributed by atoms with Crippen LogP contribution in [0.2, 0.25) is 5.15 Å². The molecule has 1 N–H and O–H groups in total. The van der Waals surface area contributed by atoms with Crippen LogP contribution in [0.4, 0.5) is 29.1 Å². The Morgan fingerprint density at radius 2 is 1.85 bits per heavy atom. The molecule has 0 atom stereocenters. The molecular weight excluding hydrogens is 298 g/mol. The average molecular weight is 306 g/mol. The van der Waals surface area contributed by atoms with Gasteiger partial charge in [-0.3, -0.25) is 0 Å². The van der Waals surface area contributed by atoms with Crippen molar-refractivity contribution in [2.75, 3.05) is 5.32 Å². The Morgan fingerprint density at radius 3 is 2.45 bits per heavy atom. The van der Waals surface area contributed by atoms with Gasteiger partial charge in [0.15, 0.2) is 0 Å². The van der Waals surface area contributed by atoms with Crippen molar-refractivity contribution in [1.29, 1.82) is 0 Å². The van der Waals surface area contributed by atoms with Crippen LogP contribution >= 0.6 is 11.6 Å². The third-order valence-electron chi connectivity index (χ3n) is 2.34. The molecule has 3 nitrogen and oxygen atoms in total. The second kappa shape index (κ2) is 5.24. The number of hydrogen-bond acceptors (Lipinski definition) is 3. The van der Waals surface area contributed by atoms with E-state index < -0.39 is 17.8 Å². The highest BCUT2D eigenvalue weighted by Crippen LogP contribution is 2.29. The molecule has 2 aromatic rings. The predicted molar refractivity (Wildman–Crippen MR) is 66.5 cm³/mol. The number of rotatable bonds is 2. The number of hydrogen-bond donors (Lipinski definition) is 1. The molecule has 0 unspecified atom stereocenters. The summed E-state index contributed by atoms with van der Waals surface area (Å²) < 4.78 is 51.2. The first-order valence-electron chi connectivity index (χ1n) is 5.40. The lowest BCUT2D eigenvalue weighted by Crippen LogP contribution is -2.12. The fourth-order valence-corrected chi connectivity index (χ4v) is 1.65. The van der Waals surface area contributed by atoms with E-state index in [2.05, 4.69) is 15.3 Å². The fourth-order valence-electron chi connectivity index (χ4n) is 1.47. The molecular formula is C12H8ClF4N3. The lowest BCUT2D eigenvalue weighted by Gasteiger charge is -2.10. The largest absolute Gasteiger partial charge is 0.451 e. The van der Waals surface area contributed by atoms with Crippen LogP contribution in [0.5, 0.6) is 0 Å². The van der Waals surface area contributed by atoms with Crippen LogP contribution in [0.1, 0.15) is 11.4 Å². The molecule has 106 valence electrons. The number of anilines is 2. The zero-order valence-corrected chi connectivity index (χ0v) is 10.8. The lowest BCUT2D eigenvalue weighted by molar-refractivity contribution is -0.144. The van der Waals surface area contributed by atoms with Crippen molar-refractivity contribution in [1.82, 2.24) is 9.97 Å². The van der Waals surface area contributed by atoms with Crippen LogP contribution < -0.4 is 5.32 Å². The molecule has 0 saturated heterocycles. The molecule has 0 fully saturated rings. The smallest absolute Gasteiger partial charge is 0.338 e. The highest BCUT2D eigenvalue weighted by atomic mass is 35.5. The summed E-state index contributed by atoms with van der Waals surface area (Å²) in [5.74, 6) is -2.23. The first-order chi connectivity index (χ1) is 9.25. The van der Waals surface area contributed by atoms with Gasteiger partial charge in [0.1, 0.15) is 16.8 Å². The van der Waals surface area contributed by atoms with Crippen LogP contribution in [0, 0.1) is 12.7 Å². The number of nitrogens with zero attached hydrogens (tertiary/aromatic N) is 2. The summed E-state index contributed by atoms with van der Waals surface area (Å²) in [7, 11) is 0. The molecule has 0 spiro atoms. The van der Waals surface area contributed by atoms with E-state index in [4.69, 9.17) is 11.6 Å². The minimum Gasteiger partial charge on any atom is -0.338 e. The fraction of sp³-hybridized carbons (Fsp3) is 0.167. The van der Waals surface area contributed by atoms with Crippen LogP contribution in [-0.2, 0) is 6.18 Å². The van der Waals surface area contributed by atoms with E-state index in [9.17, 15) is 17.6 Å². The van der Waals surface area contributed by atoms with Gasteiger partial charge in [0, 0.05) is 6.07 Å². The van der Waals surface area contributed by atoms with Crippen LogP contribution in [0.25, 0.3) is 0 Å². The van der Waals surface area contributed by atoms with E-state index in [1.807, 2.05) is 0 Å². The summed E-state index contributed by atoms with van der Waals surface area (Å²) in [4.78, 5) is 6.34. The Labute approximate surface area is 116 Å². The van der Waals surface area contributed by atoms with Gasteiger partial charge in [-0.05, 0) is 24.6 Å². The quantitative estimate of drug-likeness (QED) is 0.662. The Hall–Kier alpha value is -1.89. The van der Waals surface area contributed by atoms with Crippen molar-refractivity contribution in [3.05, 3.63) is 46.6 Å². The van der Waals surface area contributed by atoms with Gasteiger partial charge < -0.3 is 5.32 Å². The molecule has 0 aliphatic carbocycles. The van der Waals surface area contributed by atoms with Gasteiger partial charge in [0.25, 0.3) is 0 Å². The summed E-state index contributed by atoms with van der Waals surface area (Å²) in [6.07, 6.45) is -4.73. The SMILES string of the molecule is Cc1ccc(Nc2cc(Cl)nc(C(F)(F)F)n2)c(F)c1. The van der Waals surface area contributed by atoms with Gasteiger partial charge in [-0.25, -0.2) is 14.4 Å². The van der Waals surface area contributed by atoms with Crippen molar-refractivity contribution in [2.45, 2.75) is 13.1 Å². The van der Waals surface area contributed by atoms with Gasteiger partial charge in [-0.2, -0.15) is 13.2 Å². The van der Waals surface area contributed by atoms with E-state index in [0.717, 1.165) is 6.07 Å². The first kappa shape index (κ1) is 14.5. The molecule has 0 radical (unpaired) electrons. The topological polar surface area (TPSA) is 37.8 Å². The molecule has 1 aromatic carbocycles. The zero-order valence-electron chi connectivity index (χ0n) is 10.1. The molecule has 0 saturated carbocycles. The molecule has 2 rings (SSSR count). The summed E-state index contributed by atoms with van der Waals surface area (Å²) in [5.41, 5.74) is 0.684. The van der Waals surface area contributed by atoms with E-state index >= 15 is 0 Å². The first-order valence-corrected chi connectivity index (χ1v) is 5.78. The van der Waals surface area contributed by atoms with Gasteiger partial charge in [-0.1, -0.05) is 17.7 Å². The third kappa shape index (κ3) is 3.36. The number of nitrogens with one attached hydrogen (secondary N) is 1. The second-order valence-electron chi connectivity index (χ2n) is 4.01. The van der Waals surface area contributed by atoms with Crippen LogP contribution in [-0.4, -0.2) is 9.97 Å². The second-order valence-corrected chi connectivity index (χ2v) is 4.39. The number of alkyl halides is 3. The molecule has 0 aliphatic rings. The minimum atomic E-state index is -4.73. The summed E-state index contributed by atoms with van der Waals surface area (Å²) in [6.45, 7) is 1.69. The Bertz CT molecular complexity index is 643. The van der Waals surface area contributed by atoms with Crippen molar-refractivity contribution < 1.29 is 17.6 Å². The lowest BCUT2D eigenvalue weighted by atomic mass is 10.2. The van der Waals surface area contributed by atoms with Gasteiger partial charge in [0.05, 0.1) is 5.69 Å². The molecule has 0 bridgehead atoms. The van der Waals surface area contributed by atoms with Gasteiger partial charge >= 0.3 is 6.18 Å². The van der Waals surface area contributed by atoms with Crippen molar-refractivity contribution in [3.63, 3.8) is 0 Å². The highest BCUT2D eigenvalue weighted by molar-refractivity contribution is 6.29. The highest BCUT2D eigenvalue weighted by Gasteiger charge is 2.35. The monoisotopic (exact) mass is 305 g/mol. The Kier molecular flexibility index (Phi) is 3.80. The Balaban J connectivity index is 2.36. The van der Waals surface area contributed by atoms with E-state index in [1.165, 1.54) is 12.1 Å². The molecule has 8 heteroatoms. The number of halogens is 5. The average Bonchev–Trinajstić information content (AvgIpc) is 2.31. The number of aromatic nitrogens is 2.